The molecule has 0 aliphatic carbocycles. The van der Waals surface area contributed by atoms with Crippen LogP contribution in [0, 0.1) is 25.7 Å². The van der Waals surface area contributed by atoms with Crippen molar-refractivity contribution in [2.24, 2.45) is 11.8 Å². The van der Waals surface area contributed by atoms with Gasteiger partial charge < -0.3 is 19.3 Å². The summed E-state index contributed by atoms with van der Waals surface area (Å²) < 4.78 is 16.7. The maximum Gasteiger partial charge on any atom is 0.235 e. The Balaban J connectivity index is 1.50. The number of rotatable bonds is 6. The van der Waals surface area contributed by atoms with Crippen LogP contribution in [0.1, 0.15) is 43.8 Å². The van der Waals surface area contributed by atoms with Crippen molar-refractivity contribution < 1.29 is 23.6 Å². The lowest BCUT2D eigenvalue weighted by Gasteiger charge is -2.29. The molecule has 0 radical (unpaired) electrons. The maximum absolute atomic E-state index is 13.3. The van der Waals surface area contributed by atoms with Crippen LogP contribution in [0.3, 0.4) is 0 Å². The molecule has 3 aliphatic heterocycles. The Morgan fingerprint density at radius 3 is 2.47 bits per heavy atom. The SMILES string of the molecule is CCOC1OC1[C@]1(C)N[C@H](c2ccc(-c3c(C)noc3C)cc2)C2C(=O)N(CC)C(=O)C21. The van der Waals surface area contributed by atoms with Crippen molar-refractivity contribution in [3.63, 3.8) is 0 Å². The molecular weight excluding hydrogens is 410 g/mol. The Hall–Kier alpha value is -2.55. The molecule has 3 aliphatic rings. The highest BCUT2D eigenvalue weighted by atomic mass is 16.8. The van der Waals surface area contributed by atoms with Crippen molar-refractivity contribution in [2.75, 3.05) is 13.2 Å². The second-order valence-electron chi connectivity index (χ2n) is 9.03. The Labute approximate surface area is 187 Å². The molecule has 1 aromatic carbocycles. The fraction of sp³-hybridized carbons (Fsp3) is 0.542. The van der Waals surface area contributed by atoms with Crippen LogP contribution in [0.25, 0.3) is 11.1 Å². The average molecular weight is 440 g/mol. The molecule has 3 fully saturated rings. The number of hydrogen-bond acceptors (Lipinski definition) is 7. The van der Waals surface area contributed by atoms with E-state index in [-0.39, 0.29) is 30.3 Å². The van der Waals surface area contributed by atoms with Crippen LogP contribution in [0.4, 0.5) is 0 Å². The van der Waals surface area contributed by atoms with Crippen LogP contribution in [0.5, 0.6) is 0 Å². The number of epoxide rings is 1. The first-order chi connectivity index (χ1) is 15.3. The molecule has 2 amide bonds. The number of likely N-dealkylation sites (tertiary alicyclic amines) is 1. The second kappa shape index (κ2) is 7.50. The van der Waals surface area contributed by atoms with Gasteiger partial charge in [0.25, 0.3) is 0 Å². The largest absolute Gasteiger partial charge is 0.361 e. The molecule has 170 valence electrons. The minimum atomic E-state index is -0.688. The third-order valence-corrected chi connectivity index (χ3v) is 7.20. The minimum Gasteiger partial charge on any atom is -0.361 e. The highest BCUT2D eigenvalue weighted by Gasteiger charge is 2.70. The molecule has 5 rings (SSSR count). The van der Waals surface area contributed by atoms with Gasteiger partial charge in [-0.25, -0.2) is 0 Å². The lowest BCUT2D eigenvalue weighted by atomic mass is 9.78. The van der Waals surface area contributed by atoms with E-state index in [1.807, 2.05) is 58.9 Å². The predicted octanol–water partition coefficient (Wildman–Crippen LogP) is 2.74. The molecule has 32 heavy (non-hydrogen) atoms. The number of nitrogens with one attached hydrogen (secondary N) is 1. The maximum atomic E-state index is 13.3. The van der Waals surface area contributed by atoms with Gasteiger partial charge in [0.1, 0.15) is 11.9 Å². The third-order valence-electron chi connectivity index (χ3n) is 7.20. The summed E-state index contributed by atoms with van der Waals surface area (Å²) in [5.74, 6) is -0.434. The molecule has 0 spiro atoms. The summed E-state index contributed by atoms with van der Waals surface area (Å²) in [6.07, 6.45) is -0.618. The third kappa shape index (κ3) is 2.97. The molecule has 0 saturated carbocycles. The number of nitrogens with zero attached hydrogens (tertiary/aromatic N) is 2. The van der Waals surface area contributed by atoms with Gasteiger partial charge in [-0.2, -0.15) is 0 Å². The molecule has 0 bridgehead atoms. The highest BCUT2D eigenvalue weighted by Crippen LogP contribution is 2.53. The number of benzene rings is 1. The van der Waals surface area contributed by atoms with Crippen molar-refractivity contribution in [2.45, 2.75) is 58.6 Å². The van der Waals surface area contributed by atoms with Crippen molar-refractivity contribution in [3.05, 3.63) is 41.3 Å². The lowest BCUT2D eigenvalue weighted by Crippen LogP contribution is -2.52. The zero-order valence-electron chi connectivity index (χ0n) is 19.0. The molecule has 2 aromatic rings. The van der Waals surface area contributed by atoms with Crippen LogP contribution in [-0.4, -0.2) is 53.0 Å². The molecule has 8 heteroatoms. The molecule has 4 unspecified atom stereocenters. The predicted molar refractivity (Wildman–Crippen MR) is 115 cm³/mol. The van der Waals surface area contributed by atoms with E-state index in [2.05, 4.69) is 10.5 Å². The number of aryl methyl sites for hydroxylation is 2. The first-order valence-corrected chi connectivity index (χ1v) is 11.2. The van der Waals surface area contributed by atoms with Crippen LogP contribution in [0.2, 0.25) is 0 Å². The van der Waals surface area contributed by atoms with Crippen molar-refractivity contribution in [3.8, 4) is 11.1 Å². The molecule has 4 heterocycles. The molecular formula is C24H29N3O5. The number of imide groups is 1. The number of hydrogen-bond donors (Lipinski definition) is 1. The Kier molecular flexibility index (Phi) is 5.00. The van der Waals surface area contributed by atoms with E-state index >= 15 is 0 Å². The highest BCUT2D eigenvalue weighted by molar-refractivity contribution is 6.07. The summed E-state index contributed by atoms with van der Waals surface area (Å²) in [4.78, 5) is 27.9. The Morgan fingerprint density at radius 1 is 1.16 bits per heavy atom. The zero-order chi connectivity index (χ0) is 22.8. The van der Waals surface area contributed by atoms with Crippen LogP contribution < -0.4 is 5.32 Å². The monoisotopic (exact) mass is 439 g/mol. The van der Waals surface area contributed by atoms with E-state index in [9.17, 15) is 9.59 Å². The number of carbonyl (C=O) groups excluding carboxylic acids is 2. The first-order valence-electron chi connectivity index (χ1n) is 11.2. The van der Waals surface area contributed by atoms with Crippen molar-refractivity contribution in [1.29, 1.82) is 0 Å². The quantitative estimate of drug-likeness (QED) is 0.546. The summed E-state index contributed by atoms with van der Waals surface area (Å²) >= 11 is 0. The standard InChI is InChI=1S/C24H29N3O5/c1-6-27-21(28)17-18(22(27)29)24(5,20-23(31-20)30-7-2)25-19(17)15-10-8-14(9-11-15)16-12(3)26-32-13(16)4/h8-11,17-20,23,25H,6-7H2,1-5H3/t17?,18?,19-,20?,23?,24-/m1/s1. The van der Waals surface area contributed by atoms with Gasteiger partial charge in [-0.15, -0.1) is 0 Å². The van der Waals surface area contributed by atoms with Gasteiger partial charge in [0.05, 0.1) is 23.1 Å². The molecule has 3 saturated heterocycles. The topological polar surface area (TPSA) is 97.2 Å². The summed E-state index contributed by atoms with van der Waals surface area (Å²) in [7, 11) is 0. The molecule has 1 N–H and O–H groups in total. The van der Waals surface area contributed by atoms with E-state index in [0.29, 0.717) is 13.2 Å². The number of carbonyl (C=O) groups is 2. The van der Waals surface area contributed by atoms with Gasteiger partial charge >= 0.3 is 0 Å². The van der Waals surface area contributed by atoms with Gasteiger partial charge in [0, 0.05) is 24.8 Å². The van der Waals surface area contributed by atoms with E-state index < -0.39 is 17.4 Å². The molecule has 6 atom stereocenters. The number of fused-ring (bicyclic) bond motifs is 1. The second-order valence-corrected chi connectivity index (χ2v) is 9.03. The lowest BCUT2D eigenvalue weighted by molar-refractivity contribution is -0.140. The normalized spacial score (nSPS) is 33.8. The van der Waals surface area contributed by atoms with E-state index in [1.54, 1.807) is 0 Å². The number of ether oxygens (including phenoxy) is 2. The summed E-state index contributed by atoms with van der Waals surface area (Å²) in [5.41, 5.74) is 3.10. The van der Waals surface area contributed by atoms with Gasteiger partial charge in [-0.1, -0.05) is 29.4 Å². The van der Waals surface area contributed by atoms with Gasteiger partial charge in [0.2, 0.25) is 11.8 Å². The smallest absolute Gasteiger partial charge is 0.235 e. The summed E-state index contributed by atoms with van der Waals surface area (Å²) in [6, 6.07) is 7.78. The Morgan fingerprint density at radius 2 is 1.88 bits per heavy atom. The fourth-order valence-corrected chi connectivity index (χ4v) is 5.66. The fourth-order valence-electron chi connectivity index (χ4n) is 5.66. The summed E-state index contributed by atoms with van der Waals surface area (Å²) in [5, 5.41) is 7.65. The van der Waals surface area contributed by atoms with E-state index in [0.717, 1.165) is 28.1 Å². The van der Waals surface area contributed by atoms with Crippen molar-refractivity contribution in [1.82, 2.24) is 15.4 Å². The average Bonchev–Trinajstić information content (AvgIpc) is 3.28. The summed E-state index contributed by atoms with van der Waals surface area (Å²) in [6.45, 7) is 10.5. The Bertz CT molecular complexity index is 1040. The van der Waals surface area contributed by atoms with Crippen LogP contribution in [-0.2, 0) is 19.1 Å². The number of amides is 2. The first kappa shape index (κ1) is 21.3. The molecule has 8 nitrogen and oxygen atoms in total. The number of aromatic nitrogens is 1. The van der Waals surface area contributed by atoms with Gasteiger partial charge in [-0.05, 0) is 45.7 Å². The zero-order valence-corrected chi connectivity index (χ0v) is 19.0. The van der Waals surface area contributed by atoms with Gasteiger partial charge in [-0.3, -0.25) is 14.5 Å². The minimum absolute atomic E-state index is 0.118. The van der Waals surface area contributed by atoms with E-state index in [4.69, 9.17) is 14.0 Å². The molecule has 1 aromatic heterocycles. The van der Waals surface area contributed by atoms with Gasteiger partial charge in [0.15, 0.2) is 6.29 Å². The van der Waals surface area contributed by atoms with Crippen molar-refractivity contribution >= 4 is 11.8 Å². The van der Waals surface area contributed by atoms with Crippen LogP contribution in [0.15, 0.2) is 28.8 Å². The van der Waals surface area contributed by atoms with Crippen LogP contribution >= 0.6 is 0 Å². The van der Waals surface area contributed by atoms with E-state index in [1.165, 1.54) is 4.90 Å².